The third kappa shape index (κ3) is 8.35. The molecule has 3 atom stereocenters. The standard InChI is InChI=1S/C37H46N4O3/c1-27(2)23-33(39-37(44)31-18-10-11-19-32(31)38-36(43)29-15-7-4-8-16-29)35(42)26-40-21-22-41(24-28-13-5-3-6-14-28)34-20-12-9-17-30(34)25-40/h3-9,12-17,20,27,31-33H,10-11,18-19,21-26H2,1-2H3,(H,38,43)(H,39,44)/t31-,32+,33+/m1/s1. The van der Waals surface area contributed by atoms with Crippen molar-refractivity contribution in [1.29, 1.82) is 0 Å². The summed E-state index contributed by atoms with van der Waals surface area (Å²) in [5.74, 6) is -0.349. The Bertz CT molecular complexity index is 1390. The fraction of sp³-hybridized carbons (Fsp3) is 0.432. The molecular formula is C37H46N4O3. The molecule has 1 heterocycles. The third-order valence-electron chi connectivity index (χ3n) is 8.88. The molecule has 0 unspecified atom stereocenters. The van der Waals surface area contributed by atoms with E-state index < -0.39 is 6.04 Å². The number of Topliss-reactive ketones (excluding diaryl/α,β-unsaturated/α-hetero) is 1. The largest absolute Gasteiger partial charge is 0.366 e. The zero-order valence-corrected chi connectivity index (χ0v) is 26.1. The number of carbonyl (C=O) groups is 3. The number of nitrogens with one attached hydrogen (secondary N) is 2. The van der Waals surface area contributed by atoms with E-state index in [4.69, 9.17) is 0 Å². The van der Waals surface area contributed by atoms with E-state index in [2.05, 4.69) is 82.8 Å². The number of ketones is 1. The maximum absolute atomic E-state index is 13.9. The van der Waals surface area contributed by atoms with E-state index in [1.54, 1.807) is 12.1 Å². The van der Waals surface area contributed by atoms with Gasteiger partial charge >= 0.3 is 0 Å². The summed E-state index contributed by atoms with van der Waals surface area (Å²) in [5.41, 5.74) is 4.26. The highest BCUT2D eigenvalue weighted by Crippen LogP contribution is 2.28. The minimum atomic E-state index is -0.561. The average molecular weight is 595 g/mol. The Morgan fingerprint density at radius 3 is 2.27 bits per heavy atom. The zero-order chi connectivity index (χ0) is 30.9. The molecule has 1 fully saturated rings. The first kappa shape index (κ1) is 31.5. The molecule has 0 aromatic heterocycles. The predicted molar refractivity (Wildman–Crippen MR) is 175 cm³/mol. The summed E-state index contributed by atoms with van der Waals surface area (Å²) in [7, 11) is 0. The molecule has 1 aliphatic carbocycles. The van der Waals surface area contributed by atoms with Crippen LogP contribution in [0.25, 0.3) is 0 Å². The van der Waals surface area contributed by atoms with Crippen LogP contribution in [0.1, 0.15) is 67.4 Å². The summed E-state index contributed by atoms with van der Waals surface area (Å²) in [6.45, 7) is 7.51. The second-order valence-corrected chi connectivity index (χ2v) is 12.7. The highest BCUT2D eigenvalue weighted by molar-refractivity contribution is 5.95. The highest BCUT2D eigenvalue weighted by Gasteiger charge is 2.35. The molecule has 7 heteroatoms. The van der Waals surface area contributed by atoms with E-state index in [0.717, 1.165) is 38.9 Å². The fourth-order valence-corrected chi connectivity index (χ4v) is 6.57. The van der Waals surface area contributed by atoms with Crippen molar-refractivity contribution in [2.24, 2.45) is 11.8 Å². The van der Waals surface area contributed by atoms with Crippen molar-refractivity contribution in [2.45, 2.75) is 71.1 Å². The number of amides is 2. The summed E-state index contributed by atoms with van der Waals surface area (Å²) >= 11 is 0. The van der Waals surface area contributed by atoms with Gasteiger partial charge in [0, 0.05) is 43.5 Å². The normalized spacial score (nSPS) is 19.5. The van der Waals surface area contributed by atoms with Crippen molar-refractivity contribution in [3.8, 4) is 0 Å². The summed E-state index contributed by atoms with van der Waals surface area (Å²) in [6, 6.07) is 27.2. The molecule has 232 valence electrons. The SMILES string of the molecule is CC(C)C[C@H](NC(=O)[C@@H]1CCCC[C@@H]1NC(=O)c1ccccc1)C(=O)CN1CCN(Cc2ccccc2)c2ccccc2C1. The average Bonchev–Trinajstić information content (AvgIpc) is 3.20. The van der Waals surface area contributed by atoms with Gasteiger partial charge in [-0.05, 0) is 54.5 Å². The summed E-state index contributed by atoms with van der Waals surface area (Å²) < 4.78 is 0. The number of carbonyl (C=O) groups excluding carboxylic acids is 3. The van der Waals surface area contributed by atoms with Gasteiger partial charge in [0.1, 0.15) is 0 Å². The van der Waals surface area contributed by atoms with Crippen LogP contribution < -0.4 is 15.5 Å². The Balaban J connectivity index is 1.24. The van der Waals surface area contributed by atoms with Crippen LogP contribution in [0.4, 0.5) is 5.69 Å². The lowest BCUT2D eigenvalue weighted by Gasteiger charge is -2.33. The monoisotopic (exact) mass is 594 g/mol. The van der Waals surface area contributed by atoms with Gasteiger partial charge in [0.05, 0.1) is 18.5 Å². The third-order valence-corrected chi connectivity index (χ3v) is 8.88. The molecule has 0 saturated heterocycles. The Morgan fingerprint density at radius 2 is 1.52 bits per heavy atom. The quantitative estimate of drug-likeness (QED) is 0.302. The van der Waals surface area contributed by atoms with E-state index in [0.29, 0.717) is 24.9 Å². The number of benzene rings is 3. The number of anilines is 1. The molecule has 2 aliphatic rings. The number of rotatable bonds is 11. The van der Waals surface area contributed by atoms with Crippen molar-refractivity contribution in [1.82, 2.24) is 15.5 Å². The maximum atomic E-state index is 13.9. The van der Waals surface area contributed by atoms with E-state index in [-0.39, 0.29) is 42.0 Å². The van der Waals surface area contributed by atoms with Gasteiger partial charge in [-0.15, -0.1) is 0 Å². The molecule has 0 radical (unpaired) electrons. The van der Waals surface area contributed by atoms with Gasteiger partial charge in [-0.3, -0.25) is 19.3 Å². The van der Waals surface area contributed by atoms with Crippen LogP contribution in [0.15, 0.2) is 84.9 Å². The number of para-hydroxylation sites is 1. The molecule has 1 aliphatic heterocycles. The smallest absolute Gasteiger partial charge is 0.251 e. The molecule has 3 aromatic carbocycles. The molecule has 3 aromatic rings. The lowest BCUT2D eigenvalue weighted by Crippen LogP contribution is -2.53. The Hall–Kier alpha value is -3.97. The summed E-state index contributed by atoms with van der Waals surface area (Å²) in [4.78, 5) is 45.1. The predicted octanol–water partition coefficient (Wildman–Crippen LogP) is 5.60. The van der Waals surface area contributed by atoms with Gasteiger partial charge in [-0.25, -0.2) is 0 Å². The second-order valence-electron chi connectivity index (χ2n) is 12.7. The van der Waals surface area contributed by atoms with Gasteiger partial charge < -0.3 is 15.5 Å². The molecule has 44 heavy (non-hydrogen) atoms. The van der Waals surface area contributed by atoms with Crippen LogP contribution >= 0.6 is 0 Å². The first-order chi connectivity index (χ1) is 21.4. The first-order valence-corrected chi connectivity index (χ1v) is 16.2. The molecular weight excluding hydrogens is 548 g/mol. The second kappa shape index (κ2) is 15.2. The van der Waals surface area contributed by atoms with Crippen LogP contribution in [-0.4, -0.2) is 54.2 Å². The van der Waals surface area contributed by atoms with E-state index in [1.807, 2.05) is 24.3 Å². The molecule has 1 saturated carbocycles. The fourth-order valence-electron chi connectivity index (χ4n) is 6.57. The molecule has 0 spiro atoms. The van der Waals surface area contributed by atoms with Crippen LogP contribution in [0.5, 0.6) is 0 Å². The highest BCUT2D eigenvalue weighted by atomic mass is 16.2. The number of nitrogens with zero attached hydrogens (tertiary/aromatic N) is 2. The lowest BCUT2D eigenvalue weighted by atomic mass is 9.83. The van der Waals surface area contributed by atoms with Crippen LogP contribution in [0, 0.1) is 11.8 Å². The van der Waals surface area contributed by atoms with Gasteiger partial charge in [0.25, 0.3) is 5.91 Å². The molecule has 7 nitrogen and oxygen atoms in total. The Labute approximate surface area is 262 Å². The van der Waals surface area contributed by atoms with Crippen molar-refractivity contribution in [2.75, 3.05) is 24.5 Å². The van der Waals surface area contributed by atoms with E-state index in [9.17, 15) is 14.4 Å². The van der Waals surface area contributed by atoms with Crippen molar-refractivity contribution < 1.29 is 14.4 Å². The number of hydrogen-bond donors (Lipinski definition) is 2. The van der Waals surface area contributed by atoms with Crippen LogP contribution in [0.3, 0.4) is 0 Å². The molecule has 2 amide bonds. The van der Waals surface area contributed by atoms with Crippen molar-refractivity contribution in [3.63, 3.8) is 0 Å². The topological polar surface area (TPSA) is 81.8 Å². The van der Waals surface area contributed by atoms with Crippen LogP contribution in [-0.2, 0) is 22.7 Å². The molecule has 5 rings (SSSR count). The van der Waals surface area contributed by atoms with Gasteiger partial charge in [0.2, 0.25) is 5.91 Å². The van der Waals surface area contributed by atoms with Gasteiger partial charge in [0.15, 0.2) is 5.78 Å². The Morgan fingerprint density at radius 1 is 0.841 bits per heavy atom. The van der Waals surface area contributed by atoms with E-state index >= 15 is 0 Å². The van der Waals surface area contributed by atoms with Crippen molar-refractivity contribution in [3.05, 3.63) is 102 Å². The van der Waals surface area contributed by atoms with Gasteiger partial charge in [-0.1, -0.05) is 93.4 Å². The minimum Gasteiger partial charge on any atom is -0.366 e. The van der Waals surface area contributed by atoms with E-state index in [1.165, 1.54) is 16.8 Å². The first-order valence-electron chi connectivity index (χ1n) is 16.2. The summed E-state index contributed by atoms with van der Waals surface area (Å²) in [6.07, 6.45) is 3.95. The Kier molecular flexibility index (Phi) is 10.8. The summed E-state index contributed by atoms with van der Waals surface area (Å²) in [5, 5.41) is 6.27. The lowest BCUT2D eigenvalue weighted by molar-refractivity contribution is -0.132. The minimum absolute atomic E-state index is 0.0433. The molecule has 2 N–H and O–H groups in total. The van der Waals surface area contributed by atoms with Gasteiger partial charge in [-0.2, -0.15) is 0 Å². The number of fused-ring (bicyclic) bond motifs is 1. The van der Waals surface area contributed by atoms with Crippen LogP contribution in [0.2, 0.25) is 0 Å². The maximum Gasteiger partial charge on any atom is 0.251 e. The zero-order valence-electron chi connectivity index (χ0n) is 26.1. The number of hydrogen-bond acceptors (Lipinski definition) is 5. The van der Waals surface area contributed by atoms with Crippen molar-refractivity contribution >= 4 is 23.3 Å². The molecule has 0 bridgehead atoms.